The maximum atomic E-state index is 13.6. The molecule has 0 saturated heterocycles. The first-order valence-corrected chi connectivity index (χ1v) is 12.3. The average molecular weight is 503 g/mol. The number of hydrazone groups is 1. The van der Waals surface area contributed by atoms with Crippen molar-refractivity contribution in [3.8, 4) is 5.75 Å². The number of rotatable bonds is 6. The van der Waals surface area contributed by atoms with Crippen molar-refractivity contribution in [1.82, 2.24) is 5.01 Å². The van der Waals surface area contributed by atoms with Crippen molar-refractivity contribution in [1.29, 1.82) is 0 Å². The van der Waals surface area contributed by atoms with E-state index >= 15 is 0 Å². The summed E-state index contributed by atoms with van der Waals surface area (Å²) in [5.41, 5.74) is 3.25. The van der Waals surface area contributed by atoms with Crippen molar-refractivity contribution in [3.05, 3.63) is 95.8 Å². The second-order valence-corrected chi connectivity index (χ2v) is 9.52. The Balaban J connectivity index is 1.36. The number of hydrogen-bond donors (Lipinski definition) is 1. The van der Waals surface area contributed by atoms with Gasteiger partial charge in [0.25, 0.3) is 5.91 Å². The Morgan fingerprint density at radius 3 is 2.50 bits per heavy atom. The van der Waals surface area contributed by atoms with Gasteiger partial charge in [-0.25, -0.2) is 9.40 Å². The van der Waals surface area contributed by atoms with Crippen LogP contribution in [0.1, 0.15) is 30.0 Å². The van der Waals surface area contributed by atoms with Crippen molar-refractivity contribution >= 4 is 40.1 Å². The maximum absolute atomic E-state index is 13.6. The number of nitrogens with zero attached hydrogens (tertiary/aromatic N) is 3. The Labute approximate surface area is 212 Å². The smallest absolute Gasteiger partial charge is 0.262 e. The van der Waals surface area contributed by atoms with E-state index in [4.69, 9.17) is 9.84 Å². The predicted molar refractivity (Wildman–Crippen MR) is 139 cm³/mol. The summed E-state index contributed by atoms with van der Waals surface area (Å²) in [5, 5.41) is 9.11. The molecule has 2 aliphatic rings. The Morgan fingerprint density at radius 2 is 1.81 bits per heavy atom. The highest BCUT2D eigenvalue weighted by molar-refractivity contribution is 8.15. The highest BCUT2D eigenvalue weighted by Gasteiger charge is 2.39. The topological polar surface area (TPSA) is 83.4 Å². The van der Waals surface area contributed by atoms with E-state index in [1.165, 1.54) is 23.9 Å². The third-order valence-electron chi connectivity index (χ3n) is 5.94. The van der Waals surface area contributed by atoms with Gasteiger partial charge in [0, 0.05) is 18.5 Å². The second kappa shape index (κ2) is 10.3. The van der Waals surface area contributed by atoms with E-state index in [9.17, 15) is 14.0 Å². The Morgan fingerprint density at radius 1 is 1.08 bits per heavy atom. The molecule has 0 saturated carbocycles. The molecule has 3 aromatic rings. The van der Waals surface area contributed by atoms with Gasteiger partial charge in [-0.3, -0.25) is 9.59 Å². The predicted octanol–water partition coefficient (Wildman–Crippen LogP) is 5.01. The van der Waals surface area contributed by atoms with Gasteiger partial charge in [-0.05, 0) is 59.7 Å². The number of amides is 2. The van der Waals surface area contributed by atoms with E-state index in [0.29, 0.717) is 17.3 Å². The number of halogens is 1. The minimum Gasteiger partial charge on any atom is -0.497 e. The second-order valence-electron chi connectivity index (χ2n) is 8.35. The number of nitrogens with one attached hydrogen (secondary N) is 1. The van der Waals surface area contributed by atoms with Crippen LogP contribution in [0.15, 0.2) is 89.0 Å². The van der Waals surface area contributed by atoms with Gasteiger partial charge in [0.15, 0.2) is 5.17 Å². The average Bonchev–Trinajstić information content (AvgIpc) is 3.49. The van der Waals surface area contributed by atoms with E-state index in [0.717, 1.165) is 22.6 Å². The zero-order valence-corrected chi connectivity index (χ0v) is 20.2. The molecule has 0 unspecified atom stereocenters. The quantitative estimate of drug-likeness (QED) is 0.512. The number of amidine groups is 1. The summed E-state index contributed by atoms with van der Waals surface area (Å²) >= 11 is 1.22. The zero-order chi connectivity index (χ0) is 25.1. The summed E-state index contributed by atoms with van der Waals surface area (Å²) < 4.78 is 18.9. The number of ether oxygens (including phenoxy) is 1. The van der Waals surface area contributed by atoms with Crippen molar-refractivity contribution in [2.75, 3.05) is 12.4 Å². The fourth-order valence-corrected chi connectivity index (χ4v) is 5.16. The molecule has 0 fully saturated rings. The summed E-state index contributed by atoms with van der Waals surface area (Å²) in [7, 11) is 1.61. The van der Waals surface area contributed by atoms with E-state index in [2.05, 4.69) is 10.3 Å². The van der Waals surface area contributed by atoms with Crippen LogP contribution in [0.2, 0.25) is 0 Å². The molecule has 0 aromatic heterocycles. The molecule has 0 radical (unpaired) electrons. The largest absolute Gasteiger partial charge is 0.497 e. The molecular weight excluding hydrogens is 479 g/mol. The van der Waals surface area contributed by atoms with Crippen LogP contribution >= 0.6 is 11.8 Å². The summed E-state index contributed by atoms with van der Waals surface area (Å²) in [6.07, 6.45) is 0.542. The van der Waals surface area contributed by atoms with E-state index in [1.807, 2.05) is 42.5 Å². The first kappa shape index (κ1) is 23.7. The first-order valence-electron chi connectivity index (χ1n) is 11.4. The molecule has 36 heavy (non-hydrogen) atoms. The molecule has 3 aromatic carbocycles. The molecule has 0 bridgehead atoms. The van der Waals surface area contributed by atoms with Gasteiger partial charge in [0.2, 0.25) is 5.91 Å². The summed E-state index contributed by atoms with van der Waals surface area (Å²) in [4.78, 5) is 29.5. The van der Waals surface area contributed by atoms with Crippen LogP contribution < -0.4 is 10.1 Å². The van der Waals surface area contributed by atoms with Gasteiger partial charge in [-0.1, -0.05) is 42.1 Å². The lowest BCUT2D eigenvalue weighted by molar-refractivity contribution is -0.121. The molecule has 1 N–H and O–H groups in total. The van der Waals surface area contributed by atoms with Crippen molar-refractivity contribution < 1.29 is 18.7 Å². The molecule has 2 amide bonds. The van der Waals surface area contributed by atoms with E-state index in [1.54, 1.807) is 36.4 Å². The van der Waals surface area contributed by atoms with Crippen molar-refractivity contribution in [2.24, 2.45) is 10.1 Å². The Hall–Kier alpha value is -3.98. The van der Waals surface area contributed by atoms with Gasteiger partial charge in [0.1, 0.15) is 16.8 Å². The van der Waals surface area contributed by atoms with Crippen molar-refractivity contribution in [3.63, 3.8) is 0 Å². The highest BCUT2D eigenvalue weighted by atomic mass is 32.2. The molecule has 2 atom stereocenters. The normalized spacial score (nSPS) is 19.2. The summed E-state index contributed by atoms with van der Waals surface area (Å²) in [6, 6.07) is 22.6. The lowest BCUT2D eigenvalue weighted by Gasteiger charge is -2.23. The van der Waals surface area contributed by atoms with Crippen LogP contribution in [0.5, 0.6) is 5.75 Å². The number of benzene rings is 3. The number of anilines is 1. The molecule has 7 nitrogen and oxygen atoms in total. The number of para-hydroxylation sites is 1. The minimum atomic E-state index is -0.641. The summed E-state index contributed by atoms with van der Waals surface area (Å²) in [6.45, 7) is 0. The molecule has 0 spiro atoms. The van der Waals surface area contributed by atoms with Crippen LogP contribution in [0.25, 0.3) is 0 Å². The standard InChI is InChI=1S/C27H23FN4O3S/c1-35-21-13-9-17(10-14-21)22-15-23(18-7-11-19(28)12-8-18)32(31-22)27-30-26(34)24(36-27)16-25(33)29-20-5-3-2-4-6-20/h2-14,23-24H,15-16H2,1H3,(H,29,33)/t23-,24-/m0/s1. The van der Waals surface area contributed by atoms with Crippen LogP contribution in [0.4, 0.5) is 10.1 Å². The zero-order valence-electron chi connectivity index (χ0n) is 19.4. The Kier molecular flexibility index (Phi) is 6.81. The van der Waals surface area contributed by atoms with E-state index in [-0.39, 0.29) is 30.1 Å². The first-order chi connectivity index (χ1) is 17.5. The molecule has 5 rings (SSSR count). The van der Waals surface area contributed by atoms with Gasteiger partial charge in [-0.15, -0.1) is 0 Å². The van der Waals surface area contributed by atoms with E-state index < -0.39 is 5.25 Å². The van der Waals surface area contributed by atoms with Crippen LogP contribution in [-0.2, 0) is 9.59 Å². The molecule has 2 aliphatic heterocycles. The molecule has 182 valence electrons. The molecule has 9 heteroatoms. The van der Waals surface area contributed by atoms with Crippen LogP contribution in [-0.4, -0.2) is 40.1 Å². The lowest BCUT2D eigenvalue weighted by atomic mass is 9.98. The molecular formula is C27H23FN4O3S. The van der Waals surface area contributed by atoms with Gasteiger partial charge < -0.3 is 10.1 Å². The summed E-state index contributed by atoms with van der Waals surface area (Å²) in [5.74, 6) is -0.222. The van der Waals surface area contributed by atoms with Gasteiger partial charge in [-0.2, -0.15) is 10.1 Å². The Bertz CT molecular complexity index is 1330. The number of carbonyl (C=O) groups is 2. The molecule has 0 aliphatic carbocycles. The third-order valence-corrected chi connectivity index (χ3v) is 7.08. The number of hydrogen-bond acceptors (Lipinski definition) is 6. The van der Waals surface area contributed by atoms with Crippen molar-refractivity contribution in [2.45, 2.75) is 24.1 Å². The van der Waals surface area contributed by atoms with Crippen LogP contribution in [0.3, 0.4) is 0 Å². The lowest BCUT2D eigenvalue weighted by Crippen LogP contribution is -2.25. The number of aliphatic imine (C=N–C) groups is 1. The fourth-order valence-electron chi connectivity index (χ4n) is 4.10. The SMILES string of the molecule is COc1ccc(C2=NN(C3=NC(=O)[C@H](CC(=O)Nc4ccccc4)S3)[C@H](c3ccc(F)cc3)C2)cc1. The number of methoxy groups -OCH3 is 1. The monoisotopic (exact) mass is 502 g/mol. The maximum Gasteiger partial charge on any atom is 0.262 e. The third kappa shape index (κ3) is 5.16. The minimum absolute atomic E-state index is 0.00446. The van der Waals surface area contributed by atoms with Crippen LogP contribution in [0, 0.1) is 5.82 Å². The van der Waals surface area contributed by atoms with Gasteiger partial charge in [0.05, 0.1) is 18.9 Å². The highest BCUT2D eigenvalue weighted by Crippen LogP contribution is 2.38. The van der Waals surface area contributed by atoms with Gasteiger partial charge >= 0.3 is 0 Å². The number of carbonyl (C=O) groups excluding carboxylic acids is 2. The number of thioether (sulfide) groups is 1. The molecule has 2 heterocycles. The fraction of sp³-hybridized carbons (Fsp3) is 0.185.